The lowest BCUT2D eigenvalue weighted by molar-refractivity contribution is -0.136. The normalized spacial score (nSPS) is 12.1. The summed E-state index contributed by atoms with van der Waals surface area (Å²) in [5, 5.41) is 44.6. The van der Waals surface area contributed by atoms with Crippen LogP contribution in [0.25, 0.3) is 0 Å². The lowest BCUT2D eigenvalue weighted by atomic mass is 9.63. The number of hydrogen-bond acceptors (Lipinski definition) is 9. The standard InChI is InChI=1S/C37H60O4.H4O5P2/c1-3-5-7-9-11-13-15-17-23-32-25-19-21-27-34(32)37(41,36(29-38,30-39)31-40)35-28-22-20-26-33(35)24-18-16-14-12-10-8-6-4-2;1-6(2)5-7(3)4/h19-22,25-28,38-41H,3-18,23-24,29-31H2,1-2H3;1-4H. The summed E-state index contributed by atoms with van der Waals surface area (Å²) in [6.07, 6.45) is 21.3. The molecule has 0 aliphatic carbocycles. The average molecular weight is 715 g/mol. The molecule has 0 spiro atoms. The van der Waals surface area contributed by atoms with Crippen molar-refractivity contribution in [1.82, 2.24) is 0 Å². The Morgan fingerprint density at radius 2 is 0.812 bits per heavy atom. The van der Waals surface area contributed by atoms with E-state index in [9.17, 15) is 20.4 Å². The van der Waals surface area contributed by atoms with Gasteiger partial charge in [-0.3, -0.25) is 0 Å². The molecule has 9 nitrogen and oxygen atoms in total. The van der Waals surface area contributed by atoms with E-state index in [-0.39, 0.29) is 0 Å². The van der Waals surface area contributed by atoms with E-state index in [4.69, 9.17) is 19.6 Å². The van der Waals surface area contributed by atoms with Gasteiger partial charge >= 0.3 is 17.2 Å². The zero-order valence-corrected chi connectivity index (χ0v) is 31.1. The van der Waals surface area contributed by atoms with E-state index in [0.717, 1.165) is 49.7 Å². The van der Waals surface area contributed by atoms with Crippen LogP contribution in [0.15, 0.2) is 48.5 Å². The van der Waals surface area contributed by atoms with Crippen LogP contribution in [0.3, 0.4) is 0 Å². The summed E-state index contributed by atoms with van der Waals surface area (Å²) in [5.41, 5.74) is 0.133. The molecule has 2 aromatic rings. The van der Waals surface area contributed by atoms with Crippen LogP contribution in [-0.4, -0.2) is 59.8 Å². The van der Waals surface area contributed by atoms with E-state index in [2.05, 4.69) is 30.3 Å². The number of hydrogen-bond donors (Lipinski definition) is 8. The van der Waals surface area contributed by atoms with Crippen LogP contribution >= 0.6 is 17.2 Å². The van der Waals surface area contributed by atoms with Crippen molar-refractivity contribution in [3.05, 3.63) is 70.8 Å². The van der Waals surface area contributed by atoms with Gasteiger partial charge in [-0.15, -0.1) is 0 Å². The molecule has 0 aliphatic heterocycles. The minimum Gasteiger partial charge on any atom is -0.395 e. The molecule has 0 amide bonds. The van der Waals surface area contributed by atoms with Gasteiger partial charge in [0.05, 0.1) is 25.2 Å². The third kappa shape index (κ3) is 15.4. The highest BCUT2D eigenvalue weighted by Gasteiger charge is 2.53. The van der Waals surface area contributed by atoms with Crippen molar-refractivity contribution in [3.8, 4) is 0 Å². The summed E-state index contributed by atoms with van der Waals surface area (Å²) in [7, 11) is -5.22. The third-order valence-electron chi connectivity index (χ3n) is 9.24. The Balaban J connectivity index is 0.00000148. The molecule has 0 bridgehead atoms. The predicted molar refractivity (Wildman–Crippen MR) is 196 cm³/mol. The first-order valence-electron chi connectivity index (χ1n) is 17.9. The SMILES string of the molecule is CCCCCCCCCCc1ccccc1C(O)(c1ccccc1CCCCCCCCCC)C(CO)(CO)CO.OP(O)OP(O)O. The summed E-state index contributed by atoms with van der Waals surface area (Å²) < 4.78 is 3.60. The second kappa shape index (κ2) is 26.7. The van der Waals surface area contributed by atoms with E-state index in [1.165, 1.54) is 77.0 Å². The Morgan fingerprint density at radius 1 is 0.500 bits per heavy atom. The van der Waals surface area contributed by atoms with Crippen molar-refractivity contribution in [2.24, 2.45) is 5.41 Å². The first kappa shape index (κ1) is 45.0. The third-order valence-corrected chi connectivity index (χ3v) is 10.4. The zero-order chi connectivity index (χ0) is 35.7. The van der Waals surface area contributed by atoms with Gasteiger partial charge < -0.3 is 40.0 Å². The van der Waals surface area contributed by atoms with Crippen LogP contribution in [-0.2, 0) is 22.8 Å². The highest BCUT2D eigenvalue weighted by atomic mass is 31.2. The second-order valence-corrected chi connectivity index (χ2v) is 14.5. The van der Waals surface area contributed by atoms with Gasteiger partial charge in [-0.1, -0.05) is 152 Å². The Bertz CT molecular complexity index is 989. The van der Waals surface area contributed by atoms with Crippen LogP contribution in [0.2, 0.25) is 0 Å². The smallest absolute Gasteiger partial charge is 0.334 e. The number of rotatable bonds is 26. The molecule has 0 atom stereocenters. The Labute approximate surface area is 292 Å². The quantitative estimate of drug-likeness (QED) is 0.0360. The topological polar surface area (TPSA) is 171 Å². The first-order chi connectivity index (χ1) is 23.2. The van der Waals surface area contributed by atoms with E-state index < -0.39 is 48.0 Å². The number of aryl methyl sites for hydroxylation is 2. The number of aliphatic hydroxyl groups is 4. The maximum absolute atomic E-state index is 12.8. The van der Waals surface area contributed by atoms with Crippen molar-refractivity contribution < 1.29 is 44.3 Å². The molecule has 0 fully saturated rings. The van der Waals surface area contributed by atoms with Gasteiger partial charge in [0.25, 0.3) is 0 Å². The van der Waals surface area contributed by atoms with Gasteiger partial charge in [0.1, 0.15) is 5.60 Å². The summed E-state index contributed by atoms with van der Waals surface area (Å²) in [6, 6.07) is 15.8. The molecule has 2 rings (SSSR count). The maximum Gasteiger partial charge on any atom is 0.334 e. The van der Waals surface area contributed by atoms with Crippen molar-refractivity contribution >= 4 is 17.2 Å². The van der Waals surface area contributed by atoms with E-state index in [0.29, 0.717) is 11.1 Å². The van der Waals surface area contributed by atoms with E-state index in [1.54, 1.807) is 0 Å². The highest BCUT2D eigenvalue weighted by molar-refractivity contribution is 7.53. The molecular weight excluding hydrogens is 650 g/mol. The van der Waals surface area contributed by atoms with Gasteiger partial charge in [0.15, 0.2) is 0 Å². The molecule has 11 heteroatoms. The molecule has 48 heavy (non-hydrogen) atoms. The molecule has 276 valence electrons. The zero-order valence-electron chi connectivity index (χ0n) is 29.3. The van der Waals surface area contributed by atoms with Gasteiger partial charge in [-0.25, -0.2) is 4.31 Å². The van der Waals surface area contributed by atoms with Crippen molar-refractivity contribution in [3.63, 3.8) is 0 Å². The minimum absolute atomic E-state index is 0.533. The largest absolute Gasteiger partial charge is 0.395 e. The lowest BCUT2D eigenvalue weighted by Crippen LogP contribution is -2.55. The predicted octanol–water partition coefficient (Wildman–Crippen LogP) is 7.68. The van der Waals surface area contributed by atoms with Crippen LogP contribution in [0.1, 0.15) is 139 Å². The maximum atomic E-state index is 12.8. The highest BCUT2D eigenvalue weighted by Crippen LogP contribution is 2.48. The minimum atomic E-state index is -2.61. The van der Waals surface area contributed by atoms with Crippen LogP contribution in [0, 0.1) is 5.41 Å². The number of aliphatic hydroxyl groups excluding tert-OH is 3. The fourth-order valence-electron chi connectivity index (χ4n) is 6.36. The summed E-state index contributed by atoms with van der Waals surface area (Å²) in [5.74, 6) is 0. The Kier molecular flexibility index (Phi) is 25.0. The molecular formula is C37H64O9P2. The lowest BCUT2D eigenvalue weighted by Gasteiger charge is -2.46. The van der Waals surface area contributed by atoms with Crippen molar-refractivity contribution in [2.75, 3.05) is 19.8 Å². The van der Waals surface area contributed by atoms with Gasteiger partial charge in [-0.2, -0.15) is 0 Å². The number of benzene rings is 2. The van der Waals surface area contributed by atoms with Crippen molar-refractivity contribution in [1.29, 1.82) is 0 Å². The molecule has 0 saturated heterocycles. The molecule has 0 aromatic heterocycles. The van der Waals surface area contributed by atoms with E-state index >= 15 is 0 Å². The van der Waals surface area contributed by atoms with Gasteiger partial charge in [-0.05, 0) is 47.9 Å². The summed E-state index contributed by atoms with van der Waals surface area (Å²) >= 11 is 0. The van der Waals surface area contributed by atoms with E-state index in [1.807, 2.05) is 36.4 Å². The molecule has 0 heterocycles. The molecule has 0 aliphatic rings. The molecule has 8 N–H and O–H groups in total. The Hall–Kier alpha value is -1.06. The molecule has 0 unspecified atom stereocenters. The number of unbranched alkanes of at least 4 members (excludes halogenated alkanes) is 14. The fraction of sp³-hybridized carbons (Fsp3) is 0.676. The summed E-state index contributed by atoms with van der Waals surface area (Å²) in [6.45, 7) is 2.89. The van der Waals surface area contributed by atoms with Crippen LogP contribution in [0.5, 0.6) is 0 Å². The monoisotopic (exact) mass is 714 g/mol. The van der Waals surface area contributed by atoms with Gasteiger partial charge in [0.2, 0.25) is 0 Å². The second-order valence-electron chi connectivity index (χ2n) is 12.8. The van der Waals surface area contributed by atoms with Crippen molar-refractivity contribution in [2.45, 2.75) is 135 Å². The first-order valence-corrected chi connectivity index (χ1v) is 20.3. The molecule has 2 aromatic carbocycles. The molecule has 0 radical (unpaired) electrons. The van der Waals surface area contributed by atoms with Crippen LogP contribution < -0.4 is 0 Å². The average Bonchev–Trinajstić information content (AvgIpc) is 3.08. The Morgan fingerprint density at radius 3 is 1.10 bits per heavy atom. The fourth-order valence-corrected chi connectivity index (χ4v) is 6.88. The van der Waals surface area contributed by atoms with Crippen LogP contribution in [0.4, 0.5) is 0 Å². The summed E-state index contributed by atoms with van der Waals surface area (Å²) in [4.78, 5) is 31.3. The molecule has 0 saturated carbocycles. The van der Waals surface area contributed by atoms with Gasteiger partial charge in [0, 0.05) is 0 Å².